The minimum atomic E-state index is 0.133. The first-order valence-corrected chi connectivity index (χ1v) is 6.97. The number of pyridine rings is 2. The highest BCUT2D eigenvalue weighted by atomic mass is 16.1. The molecule has 2 aromatic heterocycles. The molecule has 0 atom stereocenters. The second-order valence-electron chi connectivity index (χ2n) is 5.51. The SMILES string of the molecule is Cc1ccnc2c1CC(=O)c1cccnc1N2C1CC1. The van der Waals surface area contributed by atoms with Crippen LogP contribution in [0.25, 0.3) is 0 Å². The number of aromatic nitrogens is 2. The number of carbonyl (C=O) groups is 1. The minimum Gasteiger partial charge on any atom is -0.307 e. The Morgan fingerprint density at radius 1 is 1.15 bits per heavy atom. The van der Waals surface area contributed by atoms with Crippen LogP contribution in [0.2, 0.25) is 0 Å². The molecule has 0 spiro atoms. The van der Waals surface area contributed by atoms with Crippen LogP contribution in [-0.2, 0) is 6.42 Å². The Morgan fingerprint density at radius 2 is 1.95 bits per heavy atom. The normalized spacial score (nSPS) is 17.4. The van der Waals surface area contributed by atoms with Crippen molar-refractivity contribution in [3.05, 3.63) is 47.3 Å². The van der Waals surface area contributed by atoms with E-state index in [1.807, 2.05) is 31.3 Å². The van der Waals surface area contributed by atoms with Gasteiger partial charge in [0.05, 0.1) is 5.56 Å². The lowest BCUT2D eigenvalue weighted by molar-refractivity contribution is 0.0994. The maximum absolute atomic E-state index is 12.5. The summed E-state index contributed by atoms with van der Waals surface area (Å²) in [7, 11) is 0. The van der Waals surface area contributed by atoms with E-state index in [4.69, 9.17) is 0 Å². The molecule has 0 N–H and O–H groups in total. The van der Waals surface area contributed by atoms with Crippen LogP contribution in [-0.4, -0.2) is 21.8 Å². The number of fused-ring (bicyclic) bond motifs is 2. The lowest BCUT2D eigenvalue weighted by atomic mass is 10.0. The van der Waals surface area contributed by atoms with Gasteiger partial charge in [-0.3, -0.25) is 4.79 Å². The van der Waals surface area contributed by atoms with Crippen molar-refractivity contribution in [3.8, 4) is 0 Å². The third kappa shape index (κ3) is 1.64. The molecule has 100 valence electrons. The third-order valence-corrected chi connectivity index (χ3v) is 4.06. The monoisotopic (exact) mass is 265 g/mol. The Morgan fingerprint density at radius 3 is 2.75 bits per heavy atom. The summed E-state index contributed by atoms with van der Waals surface area (Å²) in [5.74, 6) is 1.82. The number of rotatable bonds is 1. The van der Waals surface area contributed by atoms with Gasteiger partial charge < -0.3 is 4.90 Å². The van der Waals surface area contributed by atoms with Crippen LogP contribution < -0.4 is 4.90 Å². The molecular formula is C16H15N3O. The zero-order chi connectivity index (χ0) is 13.7. The quantitative estimate of drug-likeness (QED) is 0.795. The molecule has 4 heteroatoms. The number of ketones is 1. The van der Waals surface area contributed by atoms with E-state index in [-0.39, 0.29) is 5.78 Å². The van der Waals surface area contributed by atoms with Crippen LogP contribution in [0.5, 0.6) is 0 Å². The maximum Gasteiger partial charge on any atom is 0.171 e. The van der Waals surface area contributed by atoms with E-state index in [9.17, 15) is 4.79 Å². The average Bonchev–Trinajstić information content (AvgIpc) is 3.27. The predicted octanol–water partition coefficient (Wildman–Crippen LogP) is 2.82. The van der Waals surface area contributed by atoms with E-state index in [0.717, 1.165) is 41.2 Å². The lowest BCUT2D eigenvalue weighted by Gasteiger charge is -2.24. The van der Waals surface area contributed by atoms with Gasteiger partial charge >= 0.3 is 0 Å². The van der Waals surface area contributed by atoms with Gasteiger partial charge in [0.25, 0.3) is 0 Å². The van der Waals surface area contributed by atoms with Gasteiger partial charge in [-0.25, -0.2) is 9.97 Å². The van der Waals surface area contributed by atoms with Crippen LogP contribution in [0.3, 0.4) is 0 Å². The van der Waals surface area contributed by atoms with Gasteiger partial charge in [-0.15, -0.1) is 0 Å². The number of Topliss-reactive ketones (excluding diaryl/α,β-unsaturated/α-hetero) is 1. The molecule has 1 saturated carbocycles. The number of anilines is 2. The van der Waals surface area contributed by atoms with Gasteiger partial charge in [-0.05, 0) is 43.5 Å². The van der Waals surface area contributed by atoms with Crippen LogP contribution in [0.4, 0.5) is 11.6 Å². The second-order valence-corrected chi connectivity index (χ2v) is 5.51. The van der Waals surface area contributed by atoms with Crippen molar-refractivity contribution in [3.63, 3.8) is 0 Å². The fourth-order valence-corrected chi connectivity index (χ4v) is 2.84. The molecule has 4 nitrogen and oxygen atoms in total. The van der Waals surface area contributed by atoms with Crippen molar-refractivity contribution in [1.29, 1.82) is 0 Å². The first-order valence-electron chi connectivity index (χ1n) is 6.97. The van der Waals surface area contributed by atoms with E-state index in [1.54, 1.807) is 6.20 Å². The molecule has 1 aliphatic heterocycles. The highest BCUT2D eigenvalue weighted by molar-refractivity contribution is 6.04. The first-order chi connectivity index (χ1) is 9.75. The van der Waals surface area contributed by atoms with Gasteiger partial charge in [0, 0.05) is 30.4 Å². The fourth-order valence-electron chi connectivity index (χ4n) is 2.84. The van der Waals surface area contributed by atoms with Crippen molar-refractivity contribution in [1.82, 2.24) is 9.97 Å². The van der Waals surface area contributed by atoms with Gasteiger partial charge in [-0.2, -0.15) is 0 Å². The molecule has 0 saturated heterocycles. The summed E-state index contributed by atoms with van der Waals surface area (Å²) >= 11 is 0. The predicted molar refractivity (Wildman–Crippen MR) is 76.4 cm³/mol. The molecule has 1 fully saturated rings. The van der Waals surface area contributed by atoms with Gasteiger partial charge in [0.2, 0.25) is 0 Å². The summed E-state index contributed by atoms with van der Waals surface area (Å²) in [6.07, 6.45) is 6.26. The van der Waals surface area contributed by atoms with Crippen molar-refractivity contribution in [2.75, 3.05) is 4.90 Å². The Kier molecular flexibility index (Phi) is 2.39. The molecule has 0 amide bonds. The average molecular weight is 265 g/mol. The Bertz CT molecular complexity index is 707. The molecule has 2 aromatic rings. The smallest absolute Gasteiger partial charge is 0.171 e. The first kappa shape index (κ1) is 11.6. The van der Waals surface area contributed by atoms with Crippen LogP contribution in [0.15, 0.2) is 30.6 Å². The molecule has 0 aromatic carbocycles. The van der Waals surface area contributed by atoms with Crippen LogP contribution in [0.1, 0.15) is 34.3 Å². The van der Waals surface area contributed by atoms with Gasteiger partial charge in [0.15, 0.2) is 5.78 Å². The molecule has 2 aliphatic rings. The third-order valence-electron chi connectivity index (χ3n) is 4.06. The summed E-state index contributed by atoms with van der Waals surface area (Å²) in [5, 5.41) is 0. The topological polar surface area (TPSA) is 46.1 Å². The summed E-state index contributed by atoms with van der Waals surface area (Å²) < 4.78 is 0. The van der Waals surface area contributed by atoms with E-state index in [1.165, 1.54) is 0 Å². The number of hydrogen-bond donors (Lipinski definition) is 0. The summed E-state index contributed by atoms with van der Waals surface area (Å²) in [6.45, 7) is 2.04. The molecule has 4 rings (SSSR count). The van der Waals surface area contributed by atoms with Crippen LogP contribution in [0, 0.1) is 6.92 Å². The fraction of sp³-hybridized carbons (Fsp3) is 0.312. The molecule has 1 aliphatic carbocycles. The van der Waals surface area contributed by atoms with E-state index < -0.39 is 0 Å². The zero-order valence-corrected chi connectivity index (χ0v) is 11.3. The number of nitrogens with zero attached hydrogens (tertiary/aromatic N) is 3. The molecule has 0 unspecified atom stereocenters. The van der Waals surface area contributed by atoms with E-state index >= 15 is 0 Å². The highest BCUT2D eigenvalue weighted by Gasteiger charge is 2.37. The minimum absolute atomic E-state index is 0.133. The molecular weight excluding hydrogens is 250 g/mol. The summed E-state index contributed by atoms with van der Waals surface area (Å²) in [4.78, 5) is 23.7. The maximum atomic E-state index is 12.5. The highest BCUT2D eigenvalue weighted by Crippen LogP contribution is 2.42. The summed E-state index contributed by atoms with van der Waals surface area (Å²) in [5.41, 5.74) is 2.89. The lowest BCUT2D eigenvalue weighted by Crippen LogP contribution is -2.23. The van der Waals surface area contributed by atoms with E-state index in [2.05, 4.69) is 14.9 Å². The second kappa shape index (κ2) is 4.13. The van der Waals surface area contributed by atoms with Gasteiger partial charge in [0.1, 0.15) is 11.6 Å². The number of hydrogen-bond acceptors (Lipinski definition) is 4. The molecule has 20 heavy (non-hydrogen) atoms. The van der Waals surface area contributed by atoms with Crippen molar-refractivity contribution in [2.24, 2.45) is 0 Å². The molecule has 0 bridgehead atoms. The summed E-state index contributed by atoms with van der Waals surface area (Å²) in [6, 6.07) is 6.11. The largest absolute Gasteiger partial charge is 0.307 e. The van der Waals surface area contributed by atoms with Crippen LogP contribution >= 0.6 is 0 Å². The zero-order valence-electron chi connectivity index (χ0n) is 11.3. The Hall–Kier alpha value is -2.23. The Balaban J connectivity index is 2.00. The Labute approximate surface area is 117 Å². The molecule has 3 heterocycles. The van der Waals surface area contributed by atoms with Gasteiger partial charge in [-0.1, -0.05) is 0 Å². The van der Waals surface area contributed by atoms with Crippen molar-refractivity contribution < 1.29 is 4.79 Å². The number of carbonyl (C=O) groups excluding carboxylic acids is 1. The van der Waals surface area contributed by atoms with Crippen molar-refractivity contribution in [2.45, 2.75) is 32.2 Å². The standard InChI is InChI=1S/C16H15N3O/c1-10-6-8-18-16-13(10)9-14(20)12-3-2-7-17-15(12)19(16)11-4-5-11/h2-3,6-8,11H,4-5,9H2,1H3. The molecule has 0 radical (unpaired) electrons. The van der Waals surface area contributed by atoms with E-state index in [0.29, 0.717) is 12.5 Å². The van der Waals surface area contributed by atoms with Crippen molar-refractivity contribution >= 4 is 17.4 Å². The number of aryl methyl sites for hydroxylation is 1.